The van der Waals surface area contributed by atoms with Crippen LogP contribution in [0.4, 0.5) is 28.4 Å². The van der Waals surface area contributed by atoms with E-state index >= 15 is 0 Å². The van der Waals surface area contributed by atoms with Gasteiger partial charge in [0, 0.05) is 33.5 Å². The molecule has 0 bridgehead atoms. The second-order valence-electron chi connectivity index (χ2n) is 13.9. The van der Waals surface area contributed by atoms with Crippen LogP contribution in [0.2, 0.25) is 0 Å². The number of fused-ring (bicyclic) bond motifs is 5. The van der Waals surface area contributed by atoms with E-state index in [0.717, 1.165) is 77.6 Å². The molecule has 10 aromatic rings. The minimum Gasteiger partial charge on any atom is -0.310 e. The Bertz CT molecular complexity index is 3220. The van der Waals surface area contributed by atoms with Gasteiger partial charge in [0.25, 0.3) is 0 Å². The van der Waals surface area contributed by atoms with E-state index in [-0.39, 0.29) is 0 Å². The molecule has 0 fully saturated rings. The van der Waals surface area contributed by atoms with Gasteiger partial charge in [0.1, 0.15) is 0 Å². The monoisotopic (exact) mass is 712 g/mol. The van der Waals surface area contributed by atoms with Crippen LogP contribution in [0.5, 0.6) is 0 Å². The molecular formula is C52H32N4. The molecular weight excluding hydrogens is 681 g/mol. The number of nitrogens with zero attached hydrogens (tertiary/aromatic N) is 4. The van der Waals surface area contributed by atoms with Gasteiger partial charge in [-0.15, -0.1) is 0 Å². The molecule has 0 saturated carbocycles. The maximum absolute atomic E-state index is 7.85. The van der Waals surface area contributed by atoms with Gasteiger partial charge in [-0.25, -0.2) is 9.69 Å². The first-order valence-corrected chi connectivity index (χ1v) is 18.6. The minimum absolute atomic E-state index is 0.596. The van der Waals surface area contributed by atoms with E-state index in [4.69, 9.17) is 13.1 Å². The van der Waals surface area contributed by atoms with Crippen LogP contribution in [-0.4, -0.2) is 4.57 Å². The summed E-state index contributed by atoms with van der Waals surface area (Å²) in [6.07, 6.45) is 0. The van der Waals surface area contributed by atoms with Gasteiger partial charge in [-0.1, -0.05) is 121 Å². The van der Waals surface area contributed by atoms with Gasteiger partial charge in [-0.3, -0.25) is 0 Å². The predicted octanol–water partition coefficient (Wildman–Crippen LogP) is 15.0. The van der Waals surface area contributed by atoms with Crippen molar-refractivity contribution < 1.29 is 0 Å². The van der Waals surface area contributed by atoms with Gasteiger partial charge >= 0.3 is 0 Å². The fourth-order valence-corrected chi connectivity index (χ4v) is 8.37. The second kappa shape index (κ2) is 13.5. The highest BCUT2D eigenvalue weighted by Crippen LogP contribution is 2.47. The third-order valence-electron chi connectivity index (χ3n) is 10.7. The molecule has 0 spiro atoms. The minimum atomic E-state index is 0.596. The Morgan fingerprint density at radius 1 is 0.357 bits per heavy atom. The molecule has 260 valence electrons. The SMILES string of the molecule is [C-]#[N+]c1cccc(-c2c3ccccc3c(-c3cccc([N+]#[C-])c3)c3cc(N(c4ccccc4)c4ccc5c(c4)c4ccccc4n5-c4ccccc4)ccc23)c1. The third kappa shape index (κ3) is 5.37. The van der Waals surface area contributed by atoms with Crippen molar-refractivity contribution in [2.75, 3.05) is 4.90 Å². The van der Waals surface area contributed by atoms with Crippen molar-refractivity contribution in [3.05, 3.63) is 217 Å². The fourth-order valence-electron chi connectivity index (χ4n) is 8.37. The number of hydrogen-bond acceptors (Lipinski definition) is 1. The number of aromatic nitrogens is 1. The van der Waals surface area contributed by atoms with Gasteiger partial charge < -0.3 is 9.47 Å². The molecule has 0 saturated heterocycles. The molecule has 0 unspecified atom stereocenters. The lowest BCUT2D eigenvalue weighted by Gasteiger charge is -2.27. The summed E-state index contributed by atoms with van der Waals surface area (Å²) in [6.45, 7) is 15.6. The topological polar surface area (TPSA) is 16.9 Å². The normalized spacial score (nSPS) is 11.2. The molecule has 0 radical (unpaired) electrons. The molecule has 0 aliphatic carbocycles. The lowest BCUT2D eigenvalue weighted by molar-refractivity contribution is 1.18. The molecule has 1 heterocycles. The van der Waals surface area contributed by atoms with Crippen LogP contribution in [0.1, 0.15) is 0 Å². The first-order valence-electron chi connectivity index (χ1n) is 18.6. The van der Waals surface area contributed by atoms with Crippen molar-refractivity contribution in [1.29, 1.82) is 0 Å². The van der Waals surface area contributed by atoms with E-state index in [0.29, 0.717) is 11.4 Å². The lowest BCUT2D eigenvalue weighted by Crippen LogP contribution is -2.10. The highest BCUT2D eigenvalue weighted by molar-refractivity contribution is 6.22. The van der Waals surface area contributed by atoms with Crippen molar-refractivity contribution >= 4 is 71.8 Å². The van der Waals surface area contributed by atoms with Crippen LogP contribution >= 0.6 is 0 Å². The summed E-state index contributed by atoms with van der Waals surface area (Å²) >= 11 is 0. The van der Waals surface area contributed by atoms with Gasteiger partial charge in [0.05, 0.1) is 24.2 Å². The van der Waals surface area contributed by atoms with E-state index < -0.39 is 0 Å². The smallest absolute Gasteiger partial charge is 0.187 e. The first-order chi connectivity index (χ1) is 27.7. The number of anilines is 3. The molecule has 4 heteroatoms. The second-order valence-corrected chi connectivity index (χ2v) is 13.9. The number of benzene rings is 9. The Morgan fingerprint density at radius 2 is 0.857 bits per heavy atom. The molecule has 1 aromatic heterocycles. The molecule has 0 amide bonds. The molecule has 10 rings (SSSR count). The number of para-hydroxylation sites is 3. The molecule has 0 aliphatic rings. The van der Waals surface area contributed by atoms with Crippen LogP contribution in [0.15, 0.2) is 194 Å². The summed E-state index contributed by atoms with van der Waals surface area (Å²) in [5, 5.41) is 6.69. The molecule has 56 heavy (non-hydrogen) atoms. The van der Waals surface area contributed by atoms with E-state index in [9.17, 15) is 0 Å². The van der Waals surface area contributed by atoms with E-state index in [1.807, 2.05) is 36.4 Å². The van der Waals surface area contributed by atoms with Gasteiger partial charge in [-0.05, 0) is 117 Å². The van der Waals surface area contributed by atoms with E-state index in [1.165, 1.54) is 10.8 Å². The molecule has 0 atom stereocenters. The maximum atomic E-state index is 7.85. The maximum Gasteiger partial charge on any atom is 0.187 e. The van der Waals surface area contributed by atoms with Crippen molar-refractivity contribution in [3.63, 3.8) is 0 Å². The predicted molar refractivity (Wildman–Crippen MR) is 234 cm³/mol. The zero-order valence-corrected chi connectivity index (χ0v) is 30.3. The van der Waals surface area contributed by atoms with Crippen molar-refractivity contribution in [2.24, 2.45) is 0 Å². The summed E-state index contributed by atoms with van der Waals surface area (Å²) in [5.41, 5.74) is 11.9. The molecule has 0 aliphatic heterocycles. The molecule has 4 nitrogen and oxygen atoms in total. The molecule has 9 aromatic carbocycles. The van der Waals surface area contributed by atoms with Gasteiger partial charge in [0.2, 0.25) is 0 Å². The van der Waals surface area contributed by atoms with Crippen molar-refractivity contribution in [3.8, 4) is 27.9 Å². The van der Waals surface area contributed by atoms with Crippen molar-refractivity contribution in [2.45, 2.75) is 0 Å². The lowest BCUT2D eigenvalue weighted by atomic mass is 9.85. The Labute approximate surface area is 325 Å². The summed E-state index contributed by atoms with van der Waals surface area (Å²) in [5.74, 6) is 0. The quantitative estimate of drug-likeness (QED) is 0.124. The standard InChI is InChI=1S/C52H32N4/c1-53-37-17-13-15-35(31-37)51-44-24-9-10-25-45(44)52(36-16-14-18-38(32-36)54-2)48-34-41(27-29-46(48)51)55(39-19-5-3-6-20-39)42-28-30-50-47(33-42)43-23-11-12-26-49(43)56(50)40-21-7-4-8-22-40/h3-34H. The Kier molecular flexibility index (Phi) is 7.88. The summed E-state index contributed by atoms with van der Waals surface area (Å²) in [4.78, 5) is 9.92. The van der Waals surface area contributed by atoms with E-state index in [1.54, 1.807) is 0 Å². The van der Waals surface area contributed by atoms with Crippen LogP contribution in [0.3, 0.4) is 0 Å². The van der Waals surface area contributed by atoms with Crippen LogP contribution in [0.25, 0.3) is 81.0 Å². The number of hydrogen-bond donors (Lipinski definition) is 0. The van der Waals surface area contributed by atoms with Crippen LogP contribution < -0.4 is 4.90 Å². The average Bonchev–Trinajstić information content (AvgIpc) is 3.60. The third-order valence-corrected chi connectivity index (χ3v) is 10.7. The van der Waals surface area contributed by atoms with Crippen molar-refractivity contribution in [1.82, 2.24) is 4.57 Å². The Hall–Kier alpha value is -7.92. The highest BCUT2D eigenvalue weighted by Gasteiger charge is 2.21. The van der Waals surface area contributed by atoms with Crippen LogP contribution in [-0.2, 0) is 0 Å². The van der Waals surface area contributed by atoms with Crippen LogP contribution in [0, 0.1) is 13.1 Å². The first kappa shape index (κ1) is 32.7. The number of rotatable bonds is 6. The average molecular weight is 713 g/mol. The zero-order chi connectivity index (χ0) is 37.6. The molecule has 0 N–H and O–H groups in total. The Morgan fingerprint density at radius 3 is 1.50 bits per heavy atom. The summed E-state index contributed by atoms with van der Waals surface area (Å²) in [6, 6.07) is 67.6. The summed E-state index contributed by atoms with van der Waals surface area (Å²) in [7, 11) is 0. The van der Waals surface area contributed by atoms with E-state index in [2.05, 4.69) is 177 Å². The Balaban J connectivity index is 1.27. The van der Waals surface area contributed by atoms with Gasteiger partial charge in [-0.2, -0.15) is 0 Å². The highest BCUT2D eigenvalue weighted by atomic mass is 15.1. The van der Waals surface area contributed by atoms with Gasteiger partial charge in [0.15, 0.2) is 11.4 Å². The fraction of sp³-hybridized carbons (Fsp3) is 0. The largest absolute Gasteiger partial charge is 0.310 e. The summed E-state index contributed by atoms with van der Waals surface area (Å²) < 4.78 is 2.34. The zero-order valence-electron chi connectivity index (χ0n) is 30.3.